The van der Waals surface area contributed by atoms with Gasteiger partial charge in [0.05, 0.1) is 39.6 Å². The van der Waals surface area contributed by atoms with E-state index in [0.717, 1.165) is 185 Å². The van der Waals surface area contributed by atoms with Gasteiger partial charge in [-0.1, -0.05) is 400 Å². The molecule has 0 aliphatic rings. The van der Waals surface area contributed by atoms with E-state index in [0.29, 0.717) is 50.4 Å². The van der Waals surface area contributed by atoms with E-state index < -0.39 is 10.9 Å². The molecule has 4 heterocycles. The first-order valence-electron chi connectivity index (χ1n) is 52.9. The summed E-state index contributed by atoms with van der Waals surface area (Å²) < 4.78 is 41.2. The van der Waals surface area contributed by atoms with Crippen molar-refractivity contribution >= 4 is 77.7 Å². The van der Waals surface area contributed by atoms with Crippen molar-refractivity contribution in [2.24, 2.45) is 0 Å². The van der Waals surface area contributed by atoms with Gasteiger partial charge in [0.1, 0.15) is 0 Å². The van der Waals surface area contributed by atoms with Crippen molar-refractivity contribution in [3.63, 3.8) is 0 Å². The minimum absolute atomic E-state index is 0.450. The lowest BCUT2D eigenvalue weighted by Crippen LogP contribution is -2.24. The van der Waals surface area contributed by atoms with Gasteiger partial charge in [-0.05, 0) is 169 Å². The molecule has 0 N–H and O–H groups in total. The molecule has 0 fully saturated rings. The maximum atomic E-state index is 14.8. The lowest BCUT2D eigenvalue weighted by atomic mass is 9.90. The molecule has 6 aromatic carbocycles. The Morgan fingerprint density at radius 3 is 0.562 bits per heavy atom. The third-order valence-corrected chi connectivity index (χ3v) is 31.3. The van der Waals surface area contributed by atoms with Crippen LogP contribution in [0.3, 0.4) is 0 Å². The molecule has 0 unspecified atom stereocenters. The molecule has 0 amide bonds. The lowest BCUT2D eigenvalue weighted by Gasteiger charge is -2.19. The Morgan fingerprint density at radius 1 is 0.188 bits per heavy atom. The van der Waals surface area contributed by atoms with E-state index in [1.165, 1.54) is 318 Å². The molecule has 0 radical (unpaired) electrons. The monoisotopic (exact) mass is 1820 g/mol. The molecular weight excluding hydrogens is 1650 g/mol. The molecule has 0 aliphatic heterocycles. The number of ether oxygens (including phenoxy) is 6. The van der Waals surface area contributed by atoms with Crippen LogP contribution in [0.5, 0.6) is 34.5 Å². The third kappa shape index (κ3) is 35.8. The zero-order valence-corrected chi connectivity index (χ0v) is 84.2. The van der Waals surface area contributed by atoms with Crippen molar-refractivity contribution in [3.8, 4) is 95.8 Å². The average molecular weight is 1820 g/mol. The van der Waals surface area contributed by atoms with Gasteiger partial charge in [-0.3, -0.25) is 9.59 Å². The molecule has 0 saturated carbocycles. The molecule has 704 valence electrons. The first-order valence-corrected chi connectivity index (χ1v) is 56.2. The number of rotatable bonds is 78. The Balaban J connectivity index is 0.852. The van der Waals surface area contributed by atoms with Gasteiger partial charge in [0, 0.05) is 60.6 Å². The Bertz CT molecular complexity index is 4320. The summed E-state index contributed by atoms with van der Waals surface area (Å²) in [4.78, 5) is 38.5. The highest BCUT2D eigenvalue weighted by atomic mass is 32.1. The fraction of sp³-hybridized carbons (Fsp3) is 0.621. The van der Waals surface area contributed by atoms with E-state index in [4.69, 9.17) is 28.4 Å². The second kappa shape index (κ2) is 62.9. The highest BCUT2D eigenvalue weighted by Crippen LogP contribution is 2.50. The second-order valence-corrected chi connectivity index (χ2v) is 41.7. The quantitative estimate of drug-likeness (QED) is 0.0212. The molecule has 4 aromatic heterocycles. The van der Waals surface area contributed by atoms with Gasteiger partial charge in [0.25, 0.3) is 0 Å². The van der Waals surface area contributed by atoms with Gasteiger partial charge < -0.3 is 28.4 Å². The van der Waals surface area contributed by atoms with Crippen molar-refractivity contribution in [1.82, 2.24) is 0 Å². The topological polar surface area (TPSA) is 89.5 Å². The molecule has 0 bridgehead atoms. The average Bonchev–Trinajstić information content (AvgIpc) is 1.50. The molecule has 10 rings (SSSR count). The van der Waals surface area contributed by atoms with Crippen molar-refractivity contribution in [2.75, 3.05) is 39.6 Å². The summed E-state index contributed by atoms with van der Waals surface area (Å²) >= 11 is 7.03. The van der Waals surface area contributed by atoms with Crippen LogP contribution in [0.4, 0.5) is 0 Å². The lowest BCUT2D eigenvalue weighted by molar-refractivity contribution is 0.234. The van der Waals surface area contributed by atoms with E-state index in [1.807, 2.05) is 12.1 Å². The van der Waals surface area contributed by atoms with Crippen LogP contribution in [0.1, 0.15) is 427 Å². The fourth-order valence-electron chi connectivity index (χ4n) is 18.5. The van der Waals surface area contributed by atoms with E-state index in [-0.39, 0.29) is 0 Å². The maximum Gasteiger partial charge on any atom is 0.234 e. The van der Waals surface area contributed by atoms with Crippen LogP contribution < -0.4 is 39.3 Å². The summed E-state index contributed by atoms with van der Waals surface area (Å²) in [5, 5.41) is 4.60. The van der Waals surface area contributed by atoms with Crippen molar-refractivity contribution in [3.05, 3.63) is 130 Å². The fourth-order valence-corrected chi connectivity index (χ4v) is 22.6. The summed E-state index contributed by atoms with van der Waals surface area (Å²) in [7, 11) is 0. The van der Waals surface area contributed by atoms with Crippen LogP contribution in [0.25, 0.3) is 93.6 Å². The molecule has 0 atom stereocenters. The largest absolute Gasteiger partial charge is 0.490 e. The second-order valence-electron chi connectivity index (χ2n) is 37.4. The first-order chi connectivity index (χ1) is 63.2. The highest BCUT2D eigenvalue weighted by Gasteiger charge is 2.24. The van der Waals surface area contributed by atoms with Gasteiger partial charge in [0.2, 0.25) is 22.4 Å². The summed E-state index contributed by atoms with van der Waals surface area (Å²) in [6.07, 6.45) is 76.6. The third-order valence-electron chi connectivity index (χ3n) is 26.3. The summed E-state index contributed by atoms with van der Waals surface area (Å²) in [6, 6.07) is 39.3. The Labute approximate surface area is 792 Å². The molecule has 8 nitrogen and oxygen atoms in total. The van der Waals surface area contributed by atoms with Crippen LogP contribution in [-0.2, 0) is 0 Å². The molecular formula is C116H168O8S4. The van der Waals surface area contributed by atoms with Crippen LogP contribution in [0.2, 0.25) is 0 Å². The number of thiophene rings is 4. The van der Waals surface area contributed by atoms with Gasteiger partial charge in [-0.25, -0.2) is 0 Å². The Hall–Kier alpha value is -6.44. The van der Waals surface area contributed by atoms with Crippen LogP contribution in [0, 0.1) is 0 Å². The molecule has 0 saturated heterocycles. The van der Waals surface area contributed by atoms with Crippen LogP contribution in [-0.4, -0.2) is 39.6 Å². The number of benzene rings is 6. The molecule has 0 aliphatic carbocycles. The normalized spacial score (nSPS) is 11.8. The standard InChI is InChI=1S/C116H168O8S4/c1-7-13-19-25-31-37-43-49-55-61-77-119-99-87-95(88-100(120-78-62-56-50-44-38-32-26-20-14-8-2)115(99)123-81-65-59-53-47-41-35-29-23-17-11-5)105-71-75-109(127-105)107-73-69-103(125-107)93-83-91-67-68-92-84-94(86-98-112(92)111(91)97(85-93)113(117)114(98)118)104-70-74-108(126-104)110-76-72-106(128-110)96-89-101(121-79-63-57-51-45-39-33-27-21-15-9-3)116(124-82-66-60-54-48-42-36-30-24-18-12-6)102(90-96)122-80-64-58-52-46-40-34-28-22-16-10-4/h67-76,83-90H,7-66,77-82H2,1-6H3. The van der Waals surface area contributed by atoms with Crippen molar-refractivity contribution < 1.29 is 28.4 Å². The summed E-state index contributed by atoms with van der Waals surface area (Å²) in [6.45, 7) is 17.6. The molecule has 128 heavy (non-hydrogen) atoms. The first kappa shape index (κ1) is 104. The Morgan fingerprint density at radius 2 is 0.359 bits per heavy atom. The predicted molar refractivity (Wildman–Crippen MR) is 562 cm³/mol. The Kier molecular flexibility index (Phi) is 50.9. The van der Waals surface area contributed by atoms with Gasteiger partial charge in [-0.15, -0.1) is 45.3 Å². The minimum atomic E-state index is -0.450. The van der Waals surface area contributed by atoms with Gasteiger partial charge in [0.15, 0.2) is 23.0 Å². The predicted octanol–water partition coefficient (Wildman–Crippen LogP) is 38.8. The van der Waals surface area contributed by atoms with Gasteiger partial charge in [-0.2, -0.15) is 0 Å². The highest BCUT2D eigenvalue weighted by molar-refractivity contribution is 7.26. The summed E-state index contributed by atoms with van der Waals surface area (Å²) in [5.74, 6) is 4.65. The summed E-state index contributed by atoms with van der Waals surface area (Å²) in [5.41, 5.74) is 3.12. The zero-order chi connectivity index (χ0) is 89.5. The minimum Gasteiger partial charge on any atom is -0.490 e. The molecule has 12 heteroatoms. The van der Waals surface area contributed by atoms with E-state index in [9.17, 15) is 9.59 Å². The van der Waals surface area contributed by atoms with Gasteiger partial charge >= 0.3 is 0 Å². The number of hydrogen-bond donors (Lipinski definition) is 0. The maximum absolute atomic E-state index is 14.8. The SMILES string of the molecule is CCCCCCCCCCCCOc1cc(-c2ccc(-c3ccc(-c4cc5ccc6cc(-c7ccc(-c8ccc(-c9cc(OCCCCCCCCCCCC)c(OCCCCCCCCCCCC)c(OCCCCCCCCCCCC)c9)s8)s7)cc7c(=O)c(=O)c(c4)c5c67)s3)s2)cc(OCCCCCCCCCCCC)c1OCCCCCCCCCCCC. The van der Waals surface area contributed by atoms with E-state index in [2.05, 4.69) is 139 Å². The zero-order valence-electron chi connectivity index (χ0n) is 81.0. The van der Waals surface area contributed by atoms with Crippen molar-refractivity contribution in [2.45, 2.75) is 427 Å². The van der Waals surface area contributed by atoms with Crippen molar-refractivity contribution in [1.29, 1.82) is 0 Å². The van der Waals surface area contributed by atoms with Crippen LogP contribution >= 0.6 is 45.3 Å². The number of hydrogen-bond acceptors (Lipinski definition) is 12. The van der Waals surface area contributed by atoms with E-state index in [1.54, 1.807) is 45.3 Å². The molecule has 0 spiro atoms. The van der Waals surface area contributed by atoms with Crippen LogP contribution in [0.15, 0.2) is 119 Å². The number of unbranched alkanes of at least 4 members (excludes halogenated alkanes) is 54. The molecule has 10 aromatic rings. The smallest absolute Gasteiger partial charge is 0.234 e. The van der Waals surface area contributed by atoms with E-state index >= 15 is 0 Å².